The Kier molecular flexibility index (Phi) is 4.60. The van der Waals surface area contributed by atoms with Crippen molar-refractivity contribution in [2.45, 2.75) is 24.4 Å². The molecule has 1 aliphatic rings. The van der Waals surface area contributed by atoms with E-state index in [9.17, 15) is 0 Å². The highest BCUT2D eigenvalue weighted by Crippen LogP contribution is 2.28. The van der Waals surface area contributed by atoms with Crippen molar-refractivity contribution >= 4 is 17.7 Å². The molecule has 0 N–H and O–H groups in total. The van der Waals surface area contributed by atoms with E-state index in [1.165, 1.54) is 19.3 Å². The van der Waals surface area contributed by atoms with Crippen molar-refractivity contribution in [3.63, 3.8) is 0 Å². The largest absolute Gasteiger partial charge is 0.341 e. The first-order chi connectivity index (χ1) is 10.4. The van der Waals surface area contributed by atoms with Crippen molar-refractivity contribution in [3.05, 3.63) is 43.0 Å². The second-order valence-corrected chi connectivity index (χ2v) is 6.09. The molecule has 0 amide bonds. The number of thioether (sulfide) groups is 1. The van der Waals surface area contributed by atoms with Gasteiger partial charge in [-0.1, -0.05) is 36.0 Å². The quantitative estimate of drug-likeness (QED) is 0.625. The molecule has 1 fully saturated rings. The maximum atomic E-state index is 4.45. The van der Waals surface area contributed by atoms with Gasteiger partial charge in [0.05, 0.1) is 5.69 Å². The van der Waals surface area contributed by atoms with Crippen molar-refractivity contribution in [3.8, 4) is 5.69 Å². The average molecular weight is 300 g/mol. The second-order valence-electron chi connectivity index (χ2n) is 5.10. The van der Waals surface area contributed by atoms with Crippen LogP contribution < -0.4 is 4.90 Å². The summed E-state index contributed by atoms with van der Waals surface area (Å²) in [6.45, 7) is 5.92. The SMILES string of the molecule is C=CCSc1nnc(N2CCCCC2)n1-c1ccccc1. The first-order valence-corrected chi connectivity index (χ1v) is 8.38. The lowest BCUT2D eigenvalue weighted by molar-refractivity contribution is 0.564. The van der Waals surface area contributed by atoms with Gasteiger partial charge in [0.1, 0.15) is 0 Å². The first kappa shape index (κ1) is 14.2. The highest BCUT2D eigenvalue weighted by atomic mass is 32.2. The number of rotatable bonds is 5. The van der Waals surface area contributed by atoms with Crippen LogP contribution in [0.25, 0.3) is 5.69 Å². The molecule has 1 aromatic heterocycles. The molecule has 1 saturated heterocycles. The van der Waals surface area contributed by atoms with Gasteiger partial charge in [-0.3, -0.25) is 4.57 Å². The Morgan fingerprint density at radius 1 is 1.10 bits per heavy atom. The van der Waals surface area contributed by atoms with Crippen LogP contribution in [0.3, 0.4) is 0 Å². The number of hydrogen-bond donors (Lipinski definition) is 0. The smallest absolute Gasteiger partial charge is 0.232 e. The number of anilines is 1. The number of aromatic nitrogens is 3. The van der Waals surface area contributed by atoms with Crippen LogP contribution in [0.4, 0.5) is 5.95 Å². The maximum Gasteiger partial charge on any atom is 0.232 e. The highest BCUT2D eigenvalue weighted by molar-refractivity contribution is 7.99. The van der Waals surface area contributed by atoms with Crippen LogP contribution in [0.5, 0.6) is 0 Å². The molecule has 0 unspecified atom stereocenters. The third-order valence-corrected chi connectivity index (χ3v) is 4.52. The minimum absolute atomic E-state index is 0.838. The van der Waals surface area contributed by atoms with Crippen molar-refractivity contribution < 1.29 is 0 Å². The Bertz CT molecular complexity index is 588. The zero-order valence-electron chi connectivity index (χ0n) is 12.1. The number of benzene rings is 1. The van der Waals surface area contributed by atoms with Gasteiger partial charge < -0.3 is 4.90 Å². The van der Waals surface area contributed by atoms with E-state index in [1.54, 1.807) is 11.8 Å². The van der Waals surface area contributed by atoms with Gasteiger partial charge in [0.15, 0.2) is 5.16 Å². The maximum absolute atomic E-state index is 4.45. The van der Waals surface area contributed by atoms with Crippen LogP contribution in [0.15, 0.2) is 48.1 Å². The highest BCUT2D eigenvalue weighted by Gasteiger charge is 2.21. The summed E-state index contributed by atoms with van der Waals surface area (Å²) >= 11 is 1.67. The molecule has 0 radical (unpaired) electrons. The van der Waals surface area contributed by atoms with Crippen LogP contribution in [0, 0.1) is 0 Å². The second kappa shape index (κ2) is 6.80. The van der Waals surface area contributed by atoms with Gasteiger partial charge in [-0.2, -0.15) is 0 Å². The Morgan fingerprint density at radius 2 is 1.86 bits per heavy atom. The minimum Gasteiger partial charge on any atom is -0.341 e. The van der Waals surface area contributed by atoms with E-state index >= 15 is 0 Å². The van der Waals surface area contributed by atoms with Gasteiger partial charge in [-0.05, 0) is 31.4 Å². The summed E-state index contributed by atoms with van der Waals surface area (Å²) in [6, 6.07) is 10.4. The third kappa shape index (κ3) is 3.13. The standard InChI is InChI=1S/C16H20N4S/c1-2-13-21-16-18-17-15(19-11-7-4-8-12-19)20(16)14-9-5-3-6-10-14/h2-3,5-6,9-10H,1,4,7-8,11-13H2. The van der Waals surface area contributed by atoms with Gasteiger partial charge in [0.2, 0.25) is 5.95 Å². The van der Waals surface area contributed by atoms with Gasteiger partial charge >= 0.3 is 0 Å². The van der Waals surface area contributed by atoms with Gasteiger partial charge in [0.25, 0.3) is 0 Å². The topological polar surface area (TPSA) is 34.0 Å². The summed E-state index contributed by atoms with van der Waals surface area (Å²) in [5.41, 5.74) is 1.12. The Morgan fingerprint density at radius 3 is 2.57 bits per heavy atom. The zero-order chi connectivity index (χ0) is 14.5. The third-order valence-electron chi connectivity index (χ3n) is 3.60. The van der Waals surface area contributed by atoms with E-state index in [4.69, 9.17) is 0 Å². The zero-order valence-corrected chi connectivity index (χ0v) is 12.9. The lowest BCUT2D eigenvalue weighted by atomic mass is 10.1. The molecule has 3 rings (SSSR count). The van der Waals surface area contributed by atoms with Crippen LogP contribution in [0.2, 0.25) is 0 Å². The monoisotopic (exact) mass is 300 g/mol. The molecule has 5 heteroatoms. The number of para-hydroxylation sites is 1. The molecule has 0 saturated carbocycles. The summed E-state index contributed by atoms with van der Waals surface area (Å²) in [5, 5.41) is 9.78. The molecule has 21 heavy (non-hydrogen) atoms. The lowest BCUT2D eigenvalue weighted by Crippen LogP contribution is -2.31. The van der Waals surface area contributed by atoms with E-state index in [0.717, 1.165) is 35.6 Å². The van der Waals surface area contributed by atoms with Gasteiger partial charge in [-0.15, -0.1) is 16.8 Å². The summed E-state index contributed by atoms with van der Waals surface area (Å²) in [7, 11) is 0. The molecule has 4 nitrogen and oxygen atoms in total. The summed E-state index contributed by atoms with van der Waals surface area (Å²) < 4.78 is 2.17. The summed E-state index contributed by atoms with van der Waals surface area (Å²) in [4.78, 5) is 2.35. The molecule has 2 heterocycles. The van der Waals surface area contributed by atoms with Crippen LogP contribution >= 0.6 is 11.8 Å². The normalized spacial score (nSPS) is 15.1. The lowest BCUT2D eigenvalue weighted by Gasteiger charge is -2.27. The molecule has 0 bridgehead atoms. The van der Waals surface area contributed by atoms with E-state index in [-0.39, 0.29) is 0 Å². The molecular formula is C16H20N4S. The fourth-order valence-corrected chi connectivity index (χ4v) is 3.27. The Hall–Kier alpha value is -1.75. The van der Waals surface area contributed by atoms with Crippen LogP contribution in [0.1, 0.15) is 19.3 Å². The van der Waals surface area contributed by atoms with Crippen molar-refractivity contribution in [2.75, 3.05) is 23.7 Å². The van der Waals surface area contributed by atoms with E-state index < -0.39 is 0 Å². The molecule has 0 spiro atoms. The first-order valence-electron chi connectivity index (χ1n) is 7.39. The molecule has 1 aromatic carbocycles. The van der Waals surface area contributed by atoms with Gasteiger partial charge in [0, 0.05) is 18.8 Å². The predicted octanol–water partition coefficient (Wildman–Crippen LogP) is 3.54. The Balaban J connectivity index is 1.99. The van der Waals surface area contributed by atoms with E-state index in [1.807, 2.05) is 12.1 Å². The molecule has 2 aromatic rings. The van der Waals surface area contributed by atoms with Crippen molar-refractivity contribution in [2.24, 2.45) is 0 Å². The number of nitrogens with zero attached hydrogens (tertiary/aromatic N) is 4. The predicted molar refractivity (Wildman–Crippen MR) is 88.3 cm³/mol. The van der Waals surface area contributed by atoms with Crippen LogP contribution in [-0.2, 0) is 0 Å². The fourth-order valence-electron chi connectivity index (χ4n) is 2.59. The summed E-state index contributed by atoms with van der Waals surface area (Å²) in [6.07, 6.45) is 5.68. The average Bonchev–Trinajstić information content (AvgIpc) is 2.98. The molecular weight excluding hydrogens is 280 g/mol. The van der Waals surface area contributed by atoms with Gasteiger partial charge in [-0.25, -0.2) is 0 Å². The van der Waals surface area contributed by atoms with Crippen molar-refractivity contribution in [1.29, 1.82) is 0 Å². The summed E-state index contributed by atoms with van der Waals surface area (Å²) in [5.74, 6) is 1.80. The number of hydrogen-bond acceptors (Lipinski definition) is 4. The Labute approximate surface area is 129 Å². The fraction of sp³-hybridized carbons (Fsp3) is 0.375. The van der Waals surface area contributed by atoms with E-state index in [0.29, 0.717) is 0 Å². The molecule has 110 valence electrons. The number of piperidine rings is 1. The minimum atomic E-state index is 0.838. The molecule has 0 aliphatic carbocycles. The molecule has 1 aliphatic heterocycles. The molecule has 0 atom stereocenters. The van der Waals surface area contributed by atoms with Crippen molar-refractivity contribution in [1.82, 2.24) is 14.8 Å². The van der Waals surface area contributed by atoms with Crippen LogP contribution in [-0.4, -0.2) is 33.6 Å². The van der Waals surface area contributed by atoms with E-state index in [2.05, 4.69) is 50.5 Å².